The number of hydrogen-bond acceptors (Lipinski definition) is 5. The first kappa shape index (κ1) is 11.6. The Morgan fingerprint density at radius 2 is 2.21 bits per heavy atom. The highest BCUT2D eigenvalue weighted by Crippen LogP contribution is 2.42. The van der Waals surface area contributed by atoms with Crippen LogP contribution < -0.4 is 4.74 Å². The standard InChI is InChI=1S/C13H11NO5/c1-6-4-9-7(2-3-18-9)11(12(6)15)8-5-10(13(16)17)19-14-8/h4-5,15H,2-3H2,1H3,(H,16,17). The Kier molecular flexibility index (Phi) is 2.45. The van der Waals surface area contributed by atoms with Gasteiger partial charge in [-0.1, -0.05) is 5.16 Å². The third-order valence-electron chi connectivity index (χ3n) is 3.14. The number of carboxylic acids is 1. The summed E-state index contributed by atoms with van der Waals surface area (Å²) in [6.45, 7) is 2.29. The van der Waals surface area contributed by atoms with Gasteiger partial charge >= 0.3 is 5.97 Å². The molecule has 6 nitrogen and oxygen atoms in total. The van der Waals surface area contributed by atoms with Crippen molar-refractivity contribution in [1.29, 1.82) is 0 Å². The van der Waals surface area contributed by atoms with Crippen molar-refractivity contribution in [3.05, 3.63) is 29.0 Å². The number of phenolic OH excluding ortho intramolecular Hbond substituents is 1. The molecule has 0 saturated heterocycles. The number of aryl methyl sites for hydroxylation is 1. The monoisotopic (exact) mass is 261 g/mol. The maximum atomic E-state index is 10.8. The number of ether oxygens (including phenoxy) is 1. The van der Waals surface area contributed by atoms with Gasteiger partial charge in [0.2, 0.25) is 5.76 Å². The number of rotatable bonds is 2. The molecule has 0 aliphatic carbocycles. The number of benzene rings is 1. The fraction of sp³-hybridized carbons (Fsp3) is 0.231. The number of fused-ring (bicyclic) bond motifs is 1. The molecule has 1 aromatic carbocycles. The van der Waals surface area contributed by atoms with E-state index in [0.29, 0.717) is 35.6 Å². The van der Waals surface area contributed by atoms with E-state index in [-0.39, 0.29) is 11.5 Å². The van der Waals surface area contributed by atoms with E-state index in [0.717, 1.165) is 5.56 Å². The Bertz CT molecular complexity index is 674. The average Bonchev–Trinajstić information content (AvgIpc) is 2.99. The van der Waals surface area contributed by atoms with E-state index >= 15 is 0 Å². The molecule has 3 rings (SSSR count). The van der Waals surface area contributed by atoms with E-state index in [1.807, 2.05) is 0 Å². The normalized spacial score (nSPS) is 13.1. The molecule has 0 fully saturated rings. The van der Waals surface area contributed by atoms with Gasteiger partial charge in [-0.2, -0.15) is 0 Å². The summed E-state index contributed by atoms with van der Waals surface area (Å²) in [5, 5.41) is 22.7. The van der Waals surface area contributed by atoms with Gasteiger partial charge < -0.3 is 19.5 Å². The molecular weight excluding hydrogens is 250 g/mol. The van der Waals surface area contributed by atoms with Gasteiger partial charge in [0.05, 0.1) is 12.2 Å². The molecule has 19 heavy (non-hydrogen) atoms. The lowest BCUT2D eigenvalue weighted by Crippen LogP contribution is -1.92. The van der Waals surface area contributed by atoms with Crippen molar-refractivity contribution in [1.82, 2.24) is 5.16 Å². The second-order valence-corrected chi connectivity index (χ2v) is 4.37. The molecule has 0 amide bonds. The molecule has 2 heterocycles. The minimum atomic E-state index is -1.20. The molecular formula is C13H11NO5. The van der Waals surface area contributed by atoms with E-state index in [9.17, 15) is 9.90 Å². The molecule has 0 atom stereocenters. The van der Waals surface area contributed by atoms with Crippen molar-refractivity contribution >= 4 is 5.97 Å². The Morgan fingerprint density at radius 1 is 1.42 bits per heavy atom. The van der Waals surface area contributed by atoms with E-state index < -0.39 is 5.97 Å². The first-order chi connectivity index (χ1) is 9.08. The maximum Gasteiger partial charge on any atom is 0.374 e. The Labute approximate surface area is 108 Å². The van der Waals surface area contributed by atoms with Crippen LogP contribution in [0.1, 0.15) is 21.7 Å². The van der Waals surface area contributed by atoms with Crippen LogP contribution in [-0.4, -0.2) is 27.9 Å². The van der Waals surface area contributed by atoms with Gasteiger partial charge in [0.15, 0.2) is 0 Å². The summed E-state index contributed by atoms with van der Waals surface area (Å²) in [5.74, 6) is -0.679. The van der Waals surface area contributed by atoms with Crippen LogP contribution in [0.3, 0.4) is 0 Å². The number of hydrogen-bond donors (Lipinski definition) is 2. The smallest absolute Gasteiger partial charge is 0.374 e. The Hall–Kier alpha value is -2.50. The summed E-state index contributed by atoms with van der Waals surface area (Å²) in [7, 11) is 0. The summed E-state index contributed by atoms with van der Waals surface area (Å²) in [6.07, 6.45) is 0.647. The number of aromatic hydroxyl groups is 1. The largest absolute Gasteiger partial charge is 0.507 e. The van der Waals surface area contributed by atoms with Crippen LogP contribution in [0, 0.1) is 6.92 Å². The van der Waals surface area contributed by atoms with E-state index in [2.05, 4.69) is 5.16 Å². The molecule has 2 aromatic rings. The molecule has 0 saturated carbocycles. The average molecular weight is 261 g/mol. The summed E-state index contributed by atoms with van der Waals surface area (Å²) in [6, 6.07) is 3.06. The molecule has 0 unspecified atom stereocenters. The highest BCUT2D eigenvalue weighted by molar-refractivity contribution is 5.87. The molecule has 2 N–H and O–H groups in total. The number of carbonyl (C=O) groups is 1. The van der Waals surface area contributed by atoms with Crippen molar-refractivity contribution in [2.24, 2.45) is 0 Å². The highest BCUT2D eigenvalue weighted by atomic mass is 16.5. The quantitative estimate of drug-likeness (QED) is 0.858. The lowest BCUT2D eigenvalue weighted by molar-refractivity contribution is 0.0652. The fourth-order valence-corrected chi connectivity index (χ4v) is 2.23. The van der Waals surface area contributed by atoms with Crippen LogP contribution in [0.4, 0.5) is 0 Å². The molecule has 1 aliphatic rings. The molecule has 0 spiro atoms. The number of aromatic carboxylic acids is 1. The van der Waals surface area contributed by atoms with Crippen LogP contribution in [0.15, 0.2) is 16.7 Å². The molecule has 1 aliphatic heterocycles. The number of aromatic nitrogens is 1. The first-order valence-electron chi connectivity index (χ1n) is 5.76. The molecule has 0 bridgehead atoms. The molecule has 1 aromatic heterocycles. The van der Waals surface area contributed by atoms with Crippen LogP contribution in [0.2, 0.25) is 0 Å². The fourth-order valence-electron chi connectivity index (χ4n) is 2.23. The predicted molar refractivity (Wildman–Crippen MR) is 64.5 cm³/mol. The number of phenols is 1. The Balaban J connectivity index is 2.21. The van der Waals surface area contributed by atoms with Crippen molar-refractivity contribution in [2.75, 3.05) is 6.61 Å². The molecule has 0 radical (unpaired) electrons. The van der Waals surface area contributed by atoms with E-state index in [4.69, 9.17) is 14.4 Å². The Morgan fingerprint density at radius 3 is 2.89 bits per heavy atom. The van der Waals surface area contributed by atoms with Gasteiger partial charge in [0.25, 0.3) is 0 Å². The van der Waals surface area contributed by atoms with Crippen LogP contribution >= 0.6 is 0 Å². The SMILES string of the molecule is Cc1cc2c(c(-c3cc(C(=O)O)on3)c1O)CCO2. The highest BCUT2D eigenvalue weighted by Gasteiger charge is 2.25. The first-order valence-corrected chi connectivity index (χ1v) is 5.76. The minimum Gasteiger partial charge on any atom is -0.507 e. The zero-order chi connectivity index (χ0) is 13.6. The number of carboxylic acid groups (broad SMARTS) is 1. The van der Waals surface area contributed by atoms with Crippen LogP contribution in [0.5, 0.6) is 11.5 Å². The van der Waals surface area contributed by atoms with Gasteiger partial charge in [0, 0.05) is 18.1 Å². The van der Waals surface area contributed by atoms with E-state index in [1.165, 1.54) is 6.07 Å². The summed E-state index contributed by atoms with van der Waals surface area (Å²) < 4.78 is 10.2. The molecule has 98 valence electrons. The van der Waals surface area contributed by atoms with Crippen LogP contribution in [-0.2, 0) is 6.42 Å². The van der Waals surface area contributed by atoms with Gasteiger partial charge in [-0.15, -0.1) is 0 Å². The summed E-state index contributed by atoms with van der Waals surface area (Å²) >= 11 is 0. The lowest BCUT2D eigenvalue weighted by Gasteiger charge is -2.09. The lowest BCUT2D eigenvalue weighted by atomic mass is 9.98. The molecule has 6 heteroatoms. The second-order valence-electron chi connectivity index (χ2n) is 4.37. The zero-order valence-corrected chi connectivity index (χ0v) is 10.1. The van der Waals surface area contributed by atoms with Gasteiger partial charge in [-0.25, -0.2) is 4.79 Å². The minimum absolute atomic E-state index is 0.0782. The van der Waals surface area contributed by atoms with Gasteiger partial charge in [-0.3, -0.25) is 0 Å². The third-order valence-corrected chi connectivity index (χ3v) is 3.14. The third kappa shape index (κ3) is 1.72. The maximum absolute atomic E-state index is 10.8. The van der Waals surface area contributed by atoms with Crippen molar-refractivity contribution in [2.45, 2.75) is 13.3 Å². The summed E-state index contributed by atoms with van der Waals surface area (Å²) in [5.41, 5.74) is 2.27. The van der Waals surface area contributed by atoms with Crippen molar-refractivity contribution in [3.63, 3.8) is 0 Å². The predicted octanol–water partition coefficient (Wildman–Crippen LogP) is 1.99. The van der Waals surface area contributed by atoms with E-state index in [1.54, 1.807) is 13.0 Å². The zero-order valence-electron chi connectivity index (χ0n) is 10.1. The van der Waals surface area contributed by atoms with Crippen molar-refractivity contribution < 1.29 is 24.3 Å². The van der Waals surface area contributed by atoms with Gasteiger partial charge in [0.1, 0.15) is 17.2 Å². The second kappa shape index (κ2) is 4.01. The van der Waals surface area contributed by atoms with Crippen molar-refractivity contribution in [3.8, 4) is 22.8 Å². The summed E-state index contributed by atoms with van der Waals surface area (Å²) in [4.78, 5) is 10.8. The topological polar surface area (TPSA) is 92.8 Å². The van der Waals surface area contributed by atoms with Crippen LogP contribution in [0.25, 0.3) is 11.3 Å². The van der Waals surface area contributed by atoms with Gasteiger partial charge in [-0.05, 0) is 18.6 Å². The number of nitrogens with zero attached hydrogens (tertiary/aromatic N) is 1.